The van der Waals surface area contributed by atoms with Gasteiger partial charge in [-0.05, 0) is 31.0 Å². The minimum Gasteiger partial charge on any atom is -0.472 e. The van der Waals surface area contributed by atoms with Gasteiger partial charge in [-0.15, -0.1) is 0 Å². The maximum Gasteiger partial charge on any atom is 0.257 e. The van der Waals surface area contributed by atoms with E-state index in [1.807, 2.05) is 35.9 Å². The number of aryl methyl sites for hydroxylation is 1. The lowest BCUT2D eigenvalue weighted by Gasteiger charge is -2.31. The molecule has 0 spiro atoms. The second-order valence-electron chi connectivity index (χ2n) is 6.87. The zero-order valence-electron chi connectivity index (χ0n) is 15.2. The van der Waals surface area contributed by atoms with Gasteiger partial charge in [0.2, 0.25) is 5.91 Å². The van der Waals surface area contributed by atoms with Gasteiger partial charge in [0.05, 0.1) is 29.4 Å². The summed E-state index contributed by atoms with van der Waals surface area (Å²) < 4.78 is 6.97. The van der Waals surface area contributed by atoms with Crippen molar-refractivity contribution in [1.82, 2.24) is 19.8 Å². The highest BCUT2D eigenvalue weighted by molar-refractivity contribution is 5.94. The van der Waals surface area contributed by atoms with E-state index in [0.29, 0.717) is 38.0 Å². The lowest BCUT2D eigenvalue weighted by atomic mass is 9.95. The summed E-state index contributed by atoms with van der Waals surface area (Å²) in [6.45, 7) is 1.56. The molecule has 1 aliphatic heterocycles. The molecule has 0 radical (unpaired) electrons. The average molecular weight is 366 g/mol. The third-order valence-electron chi connectivity index (χ3n) is 5.22. The molecule has 1 aliphatic rings. The molecule has 27 heavy (non-hydrogen) atoms. The zero-order valence-corrected chi connectivity index (χ0v) is 15.2. The second-order valence-corrected chi connectivity index (χ2v) is 6.87. The van der Waals surface area contributed by atoms with Crippen LogP contribution in [0.1, 0.15) is 29.0 Å². The lowest BCUT2D eigenvalue weighted by molar-refractivity contribution is -0.126. The van der Waals surface area contributed by atoms with Crippen LogP contribution in [0.3, 0.4) is 0 Å². The first-order valence-electron chi connectivity index (χ1n) is 9.13. The van der Waals surface area contributed by atoms with E-state index < -0.39 is 0 Å². The number of rotatable bonds is 4. The first-order chi connectivity index (χ1) is 13.1. The number of hydrogen-bond donors (Lipinski definition) is 1. The molecule has 3 aromatic rings. The monoisotopic (exact) mass is 366 g/mol. The van der Waals surface area contributed by atoms with Crippen molar-refractivity contribution in [3.8, 4) is 0 Å². The van der Waals surface area contributed by atoms with E-state index in [0.717, 1.165) is 16.9 Å². The average Bonchev–Trinajstić information content (AvgIpc) is 3.35. The first kappa shape index (κ1) is 17.3. The molecule has 0 atom stereocenters. The van der Waals surface area contributed by atoms with E-state index in [-0.39, 0.29) is 17.7 Å². The van der Waals surface area contributed by atoms with Gasteiger partial charge in [0, 0.05) is 26.1 Å². The summed E-state index contributed by atoms with van der Waals surface area (Å²) >= 11 is 0. The van der Waals surface area contributed by atoms with Crippen molar-refractivity contribution in [2.45, 2.75) is 19.4 Å². The van der Waals surface area contributed by atoms with Crippen LogP contribution in [0.4, 0.5) is 0 Å². The molecule has 3 heterocycles. The van der Waals surface area contributed by atoms with E-state index in [4.69, 9.17) is 4.42 Å². The minimum atomic E-state index is -0.0758. The Balaban J connectivity index is 1.32. The Morgan fingerprint density at radius 3 is 2.70 bits per heavy atom. The quantitative estimate of drug-likeness (QED) is 0.768. The molecule has 1 N–H and O–H groups in total. The van der Waals surface area contributed by atoms with Crippen molar-refractivity contribution >= 4 is 22.8 Å². The smallest absolute Gasteiger partial charge is 0.257 e. The van der Waals surface area contributed by atoms with Gasteiger partial charge in [0.25, 0.3) is 5.91 Å². The van der Waals surface area contributed by atoms with Crippen LogP contribution in [0.2, 0.25) is 0 Å². The normalized spacial score (nSPS) is 15.2. The van der Waals surface area contributed by atoms with Gasteiger partial charge in [0.1, 0.15) is 12.1 Å². The summed E-state index contributed by atoms with van der Waals surface area (Å²) in [7, 11) is 1.96. The van der Waals surface area contributed by atoms with Crippen LogP contribution < -0.4 is 5.32 Å². The number of aromatic nitrogens is 2. The number of piperidine rings is 1. The van der Waals surface area contributed by atoms with Crippen molar-refractivity contribution in [1.29, 1.82) is 0 Å². The van der Waals surface area contributed by atoms with Crippen LogP contribution in [0.25, 0.3) is 11.0 Å². The lowest BCUT2D eigenvalue weighted by Crippen LogP contribution is -2.43. The van der Waals surface area contributed by atoms with Crippen molar-refractivity contribution in [3.05, 3.63) is 54.2 Å². The highest BCUT2D eigenvalue weighted by atomic mass is 16.3. The van der Waals surface area contributed by atoms with Gasteiger partial charge in [-0.25, -0.2) is 4.98 Å². The molecule has 0 bridgehead atoms. The third kappa shape index (κ3) is 3.45. The summed E-state index contributed by atoms with van der Waals surface area (Å²) in [5.41, 5.74) is 2.53. The maximum absolute atomic E-state index is 12.5. The molecule has 1 saturated heterocycles. The molecular formula is C20H22N4O3. The van der Waals surface area contributed by atoms with E-state index in [2.05, 4.69) is 10.3 Å². The van der Waals surface area contributed by atoms with Crippen molar-refractivity contribution < 1.29 is 14.0 Å². The highest BCUT2D eigenvalue weighted by Gasteiger charge is 2.28. The Bertz CT molecular complexity index is 953. The van der Waals surface area contributed by atoms with Crippen molar-refractivity contribution in [3.63, 3.8) is 0 Å². The van der Waals surface area contributed by atoms with Gasteiger partial charge in [-0.2, -0.15) is 0 Å². The number of para-hydroxylation sites is 2. The predicted octanol–water partition coefficient (Wildman–Crippen LogP) is 2.33. The molecular weight excluding hydrogens is 344 g/mol. The molecule has 7 heteroatoms. The molecule has 140 valence electrons. The van der Waals surface area contributed by atoms with Crippen LogP contribution in [-0.4, -0.2) is 39.4 Å². The molecule has 0 saturated carbocycles. The number of fused-ring (bicyclic) bond motifs is 1. The molecule has 7 nitrogen and oxygen atoms in total. The second kappa shape index (κ2) is 7.26. The number of carbonyl (C=O) groups excluding carboxylic acids is 2. The van der Waals surface area contributed by atoms with Crippen molar-refractivity contribution in [2.75, 3.05) is 13.1 Å². The van der Waals surface area contributed by atoms with Crippen LogP contribution in [-0.2, 0) is 18.4 Å². The van der Waals surface area contributed by atoms with Crippen LogP contribution in [0.5, 0.6) is 0 Å². The molecule has 1 aromatic carbocycles. The fraction of sp³-hybridized carbons (Fsp3) is 0.350. The molecule has 1 fully saturated rings. The SMILES string of the molecule is Cn1c(CNC(=O)C2CCN(C(=O)c3ccoc3)CC2)nc2ccccc21. The molecule has 2 aromatic heterocycles. The Morgan fingerprint density at radius 2 is 2.00 bits per heavy atom. The molecule has 0 aliphatic carbocycles. The van der Waals surface area contributed by atoms with Crippen LogP contribution >= 0.6 is 0 Å². The summed E-state index contributed by atoms with van der Waals surface area (Å²) in [6.07, 6.45) is 4.28. The van der Waals surface area contributed by atoms with Crippen LogP contribution in [0, 0.1) is 5.92 Å². The highest BCUT2D eigenvalue weighted by Crippen LogP contribution is 2.20. The number of benzene rings is 1. The van der Waals surface area contributed by atoms with Crippen molar-refractivity contribution in [2.24, 2.45) is 13.0 Å². The number of carbonyl (C=O) groups is 2. The van der Waals surface area contributed by atoms with Gasteiger partial charge < -0.3 is 19.2 Å². The van der Waals surface area contributed by atoms with E-state index >= 15 is 0 Å². The summed E-state index contributed by atoms with van der Waals surface area (Å²) in [6, 6.07) is 9.58. The number of furan rings is 1. The number of likely N-dealkylation sites (tertiary alicyclic amines) is 1. The fourth-order valence-electron chi connectivity index (χ4n) is 3.58. The van der Waals surface area contributed by atoms with Gasteiger partial charge >= 0.3 is 0 Å². The van der Waals surface area contributed by atoms with E-state index in [1.54, 1.807) is 11.0 Å². The summed E-state index contributed by atoms with van der Waals surface area (Å²) in [5.74, 6) is 0.741. The van der Waals surface area contributed by atoms with Crippen LogP contribution in [0.15, 0.2) is 47.3 Å². The Kier molecular flexibility index (Phi) is 4.66. The number of hydrogen-bond acceptors (Lipinski definition) is 4. The fourth-order valence-corrected chi connectivity index (χ4v) is 3.58. The number of nitrogens with one attached hydrogen (secondary N) is 1. The Labute approximate surface area is 157 Å². The number of amides is 2. The summed E-state index contributed by atoms with van der Waals surface area (Å²) in [5, 5.41) is 3.00. The van der Waals surface area contributed by atoms with Gasteiger partial charge in [0.15, 0.2) is 0 Å². The van der Waals surface area contributed by atoms with Gasteiger partial charge in [-0.3, -0.25) is 9.59 Å². The molecule has 4 rings (SSSR count). The first-order valence-corrected chi connectivity index (χ1v) is 9.13. The maximum atomic E-state index is 12.5. The Morgan fingerprint density at radius 1 is 1.22 bits per heavy atom. The standard InChI is InChI=1S/C20H22N4O3/c1-23-17-5-3-2-4-16(17)22-18(23)12-21-19(25)14-6-9-24(10-7-14)20(26)15-8-11-27-13-15/h2-5,8,11,13-14H,6-7,9-10,12H2,1H3,(H,21,25). The largest absolute Gasteiger partial charge is 0.472 e. The Hall–Kier alpha value is -3.09. The van der Waals surface area contributed by atoms with Gasteiger partial charge in [-0.1, -0.05) is 12.1 Å². The van der Waals surface area contributed by atoms with E-state index in [1.165, 1.54) is 12.5 Å². The topological polar surface area (TPSA) is 80.4 Å². The third-order valence-corrected chi connectivity index (χ3v) is 5.22. The summed E-state index contributed by atoms with van der Waals surface area (Å²) in [4.78, 5) is 31.2. The zero-order chi connectivity index (χ0) is 18.8. The molecule has 0 unspecified atom stereocenters. The number of imidazole rings is 1. The minimum absolute atomic E-state index is 0.0254. The number of nitrogens with zero attached hydrogens (tertiary/aromatic N) is 3. The molecule has 2 amide bonds. The van der Waals surface area contributed by atoms with E-state index in [9.17, 15) is 9.59 Å². The predicted molar refractivity (Wildman–Crippen MR) is 99.9 cm³/mol.